The normalized spacial score (nSPS) is 11.5. The maximum atomic E-state index is 12.4. The highest BCUT2D eigenvalue weighted by Gasteiger charge is 2.50. The van der Waals surface area contributed by atoms with Gasteiger partial charge in [-0.05, 0) is 32.6 Å². The van der Waals surface area contributed by atoms with Crippen LogP contribution in [-0.4, -0.2) is 36.9 Å². The van der Waals surface area contributed by atoms with E-state index in [0.29, 0.717) is 6.42 Å². The molecule has 0 heterocycles. The molecule has 21 heavy (non-hydrogen) atoms. The number of aliphatic hydroxyl groups excluding tert-OH is 1. The molecule has 5 heteroatoms. The minimum absolute atomic E-state index is 0.172. The smallest absolute Gasteiger partial charge is 0.323 e. The van der Waals surface area contributed by atoms with Crippen molar-refractivity contribution >= 4 is 11.9 Å². The van der Waals surface area contributed by atoms with E-state index in [2.05, 4.69) is 0 Å². The molecule has 1 N–H and O–H groups in total. The van der Waals surface area contributed by atoms with Crippen LogP contribution in [0.3, 0.4) is 0 Å². The lowest BCUT2D eigenvalue weighted by atomic mass is 9.73. The third kappa shape index (κ3) is 5.65. The van der Waals surface area contributed by atoms with Crippen molar-refractivity contribution in [2.24, 2.45) is 11.3 Å². The van der Waals surface area contributed by atoms with Gasteiger partial charge < -0.3 is 14.6 Å². The minimum Gasteiger partial charge on any atom is -0.465 e. The van der Waals surface area contributed by atoms with Crippen LogP contribution in [0.5, 0.6) is 0 Å². The summed E-state index contributed by atoms with van der Waals surface area (Å²) in [6.07, 6.45) is 3.65. The van der Waals surface area contributed by atoms with E-state index in [1.807, 2.05) is 13.8 Å². The van der Waals surface area contributed by atoms with Crippen LogP contribution in [0.1, 0.15) is 59.8 Å². The fourth-order valence-corrected chi connectivity index (χ4v) is 2.44. The summed E-state index contributed by atoms with van der Waals surface area (Å²) in [5, 5.41) is 8.78. The summed E-state index contributed by atoms with van der Waals surface area (Å²) in [7, 11) is 0. The largest absolute Gasteiger partial charge is 0.465 e. The second kappa shape index (κ2) is 10.6. The number of carbonyl (C=O) groups excluding carboxylic acids is 2. The lowest BCUT2D eigenvalue weighted by Crippen LogP contribution is -2.46. The van der Waals surface area contributed by atoms with Crippen LogP contribution in [0.25, 0.3) is 0 Å². The molecular weight excluding hydrogens is 272 g/mol. The van der Waals surface area contributed by atoms with Gasteiger partial charge in [0, 0.05) is 6.61 Å². The third-order valence-corrected chi connectivity index (χ3v) is 3.74. The van der Waals surface area contributed by atoms with Crippen LogP contribution in [-0.2, 0) is 19.1 Å². The molecule has 0 aromatic rings. The SMILES string of the molecule is CCOC(=O)C(CCCCCCO)(C(=O)OCC)C(C)C. The third-order valence-electron chi connectivity index (χ3n) is 3.74. The number of ether oxygens (including phenoxy) is 2. The summed E-state index contributed by atoms with van der Waals surface area (Å²) in [5.74, 6) is -1.16. The van der Waals surface area contributed by atoms with Crippen molar-refractivity contribution in [1.29, 1.82) is 0 Å². The first-order valence-electron chi connectivity index (χ1n) is 7.92. The van der Waals surface area contributed by atoms with Crippen molar-refractivity contribution in [3.63, 3.8) is 0 Å². The van der Waals surface area contributed by atoms with Crippen LogP contribution in [0.15, 0.2) is 0 Å². The van der Waals surface area contributed by atoms with E-state index in [-0.39, 0.29) is 25.7 Å². The molecule has 0 spiro atoms. The Morgan fingerprint density at radius 3 is 1.81 bits per heavy atom. The van der Waals surface area contributed by atoms with Gasteiger partial charge in [-0.2, -0.15) is 0 Å². The summed E-state index contributed by atoms with van der Waals surface area (Å²) in [6, 6.07) is 0. The molecule has 0 saturated heterocycles. The number of rotatable bonds is 11. The molecule has 5 nitrogen and oxygen atoms in total. The molecule has 0 saturated carbocycles. The molecule has 0 atom stereocenters. The first kappa shape index (κ1) is 19.9. The topological polar surface area (TPSA) is 72.8 Å². The number of hydrogen-bond donors (Lipinski definition) is 1. The second-order valence-corrected chi connectivity index (χ2v) is 5.45. The molecule has 0 aromatic heterocycles. The zero-order chi connectivity index (χ0) is 16.3. The lowest BCUT2D eigenvalue weighted by molar-refractivity contribution is -0.176. The van der Waals surface area contributed by atoms with E-state index in [1.165, 1.54) is 0 Å². The van der Waals surface area contributed by atoms with Gasteiger partial charge >= 0.3 is 11.9 Å². The van der Waals surface area contributed by atoms with Gasteiger partial charge in [0.1, 0.15) is 0 Å². The van der Waals surface area contributed by atoms with Crippen molar-refractivity contribution in [2.75, 3.05) is 19.8 Å². The van der Waals surface area contributed by atoms with Crippen LogP contribution in [0.4, 0.5) is 0 Å². The van der Waals surface area contributed by atoms with Crippen LogP contribution in [0, 0.1) is 11.3 Å². The van der Waals surface area contributed by atoms with Gasteiger partial charge in [0.25, 0.3) is 0 Å². The van der Waals surface area contributed by atoms with Crippen molar-refractivity contribution in [2.45, 2.75) is 59.8 Å². The summed E-state index contributed by atoms with van der Waals surface area (Å²) in [6.45, 7) is 7.83. The Kier molecular flexibility index (Phi) is 10.0. The van der Waals surface area contributed by atoms with Crippen molar-refractivity contribution in [3.05, 3.63) is 0 Å². The lowest BCUT2D eigenvalue weighted by Gasteiger charge is -2.32. The van der Waals surface area contributed by atoms with Gasteiger partial charge in [-0.3, -0.25) is 9.59 Å². The molecule has 0 radical (unpaired) electrons. The molecule has 0 aliphatic rings. The predicted octanol–water partition coefficient (Wildman–Crippen LogP) is 2.70. The summed E-state index contributed by atoms with van der Waals surface area (Å²) >= 11 is 0. The van der Waals surface area contributed by atoms with E-state index >= 15 is 0 Å². The Morgan fingerprint density at radius 1 is 0.952 bits per heavy atom. The van der Waals surface area contributed by atoms with E-state index in [4.69, 9.17) is 14.6 Å². The predicted molar refractivity (Wildman–Crippen MR) is 80.7 cm³/mol. The molecule has 0 unspecified atom stereocenters. The van der Waals surface area contributed by atoms with Crippen LogP contribution in [0.2, 0.25) is 0 Å². The highest BCUT2D eigenvalue weighted by Crippen LogP contribution is 2.37. The zero-order valence-electron chi connectivity index (χ0n) is 13.8. The van der Waals surface area contributed by atoms with E-state index in [9.17, 15) is 9.59 Å². The molecule has 124 valence electrons. The average Bonchev–Trinajstić information content (AvgIpc) is 2.43. The van der Waals surface area contributed by atoms with Gasteiger partial charge in [-0.25, -0.2) is 0 Å². The van der Waals surface area contributed by atoms with Crippen molar-refractivity contribution in [1.82, 2.24) is 0 Å². The van der Waals surface area contributed by atoms with Gasteiger partial charge in [0.15, 0.2) is 5.41 Å². The number of hydrogen-bond acceptors (Lipinski definition) is 5. The highest BCUT2D eigenvalue weighted by atomic mass is 16.6. The Bertz CT molecular complexity index is 294. The second-order valence-electron chi connectivity index (χ2n) is 5.45. The first-order chi connectivity index (χ1) is 9.97. The van der Waals surface area contributed by atoms with E-state index < -0.39 is 17.4 Å². The first-order valence-corrected chi connectivity index (χ1v) is 7.92. The Hall–Kier alpha value is -1.10. The molecule has 0 bridgehead atoms. The highest BCUT2D eigenvalue weighted by molar-refractivity contribution is 6.00. The van der Waals surface area contributed by atoms with Crippen LogP contribution >= 0.6 is 0 Å². The Balaban J connectivity index is 5.01. The monoisotopic (exact) mass is 302 g/mol. The number of esters is 2. The fraction of sp³-hybridized carbons (Fsp3) is 0.875. The van der Waals surface area contributed by atoms with Gasteiger partial charge in [-0.15, -0.1) is 0 Å². The summed E-state index contributed by atoms with van der Waals surface area (Å²) in [5.41, 5.74) is -1.22. The fourth-order valence-electron chi connectivity index (χ4n) is 2.44. The molecule has 0 aromatic carbocycles. The van der Waals surface area contributed by atoms with Gasteiger partial charge in [-0.1, -0.05) is 33.1 Å². The maximum Gasteiger partial charge on any atom is 0.323 e. The van der Waals surface area contributed by atoms with Crippen LogP contribution < -0.4 is 0 Å². The Morgan fingerprint density at radius 2 is 1.43 bits per heavy atom. The van der Waals surface area contributed by atoms with E-state index in [1.54, 1.807) is 13.8 Å². The maximum absolute atomic E-state index is 12.4. The van der Waals surface area contributed by atoms with E-state index in [0.717, 1.165) is 25.7 Å². The molecule has 0 amide bonds. The standard InChI is InChI=1S/C16H30O5/c1-5-20-14(18)16(13(3)4,15(19)21-6-2)11-9-7-8-10-12-17/h13,17H,5-12H2,1-4H3. The molecule has 0 rings (SSSR count). The van der Waals surface area contributed by atoms with Crippen molar-refractivity contribution in [3.8, 4) is 0 Å². The zero-order valence-corrected chi connectivity index (χ0v) is 13.8. The van der Waals surface area contributed by atoms with Crippen molar-refractivity contribution < 1.29 is 24.2 Å². The Labute approximate surface area is 128 Å². The summed E-state index contributed by atoms with van der Waals surface area (Å²) in [4.78, 5) is 24.8. The molecule has 0 aliphatic carbocycles. The summed E-state index contributed by atoms with van der Waals surface area (Å²) < 4.78 is 10.3. The molecule has 0 fully saturated rings. The molecular formula is C16H30O5. The molecule has 0 aliphatic heterocycles. The average molecular weight is 302 g/mol. The van der Waals surface area contributed by atoms with Gasteiger partial charge in [0.2, 0.25) is 0 Å². The number of carbonyl (C=O) groups is 2. The number of aliphatic hydroxyl groups is 1. The quantitative estimate of drug-likeness (QED) is 0.361. The van der Waals surface area contributed by atoms with Gasteiger partial charge in [0.05, 0.1) is 13.2 Å². The minimum atomic E-state index is -1.22. The number of unbranched alkanes of at least 4 members (excludes halogenated alkanes) is 3.